The molecule has 0 radical (unpaired) electrons. The molecule has 1 N–H and O–H groups in total. The van der Waals surface area contributed by atoms with E-state index in [9.17, 15) is 13.2 Å². The van der Waals surface area contributed by atoms with Gasteiger partial charge in [-0.2, -0.15) is 0 Å². The molecule has 32 heavy (non-hydrogen) atoms. The van der Waals surface area contributed by atoms with Gasteiger partial charge in [-0.15, -0.1) is 0 Å². The third-order valence-electron chi connectivity index (χ3n) is 5.83. The van der Waals surface area contributed by atoms with Gasteiger partial charge in [0.25, 0.3) is 5.91 Å². The molecule has 1 aliphatic heterocycles. The third kappa shape index (κ3) is 5.61. The molecule has 0 saturated carbocycles. The monoisotopic (exact) mass is 460 g/mol. The fourth-order valence-corrected chi connectivity index (χ4v) is 5.28. The number of ether oxygens (including phenoxy) is 2. The lowest BCUT2D eigenvalue weighted by atomic mass is 10.1. The summed E-state index contributed by atoms with van der Waals surface area (Å²) in [7, 11) is -0.792. The quantitative estimate of drug-likeness (QED) is 0.640. The van der Waals surface area contributed by atoms with Crippen molar-refractivity contribution in [1.82, 2.24) is 9.62 Å². The van der Waals surface area contributed by atoms with Crippen molar-refractivity contribution in [3.05, 3.63) is 53.6 Å². The number of carbonyl (C=O) groups excluding carboxylic acids is 1. The smallest absolute Gasteiger partial charge is 0.257 e. The van der Waals surface area contributed by atoms with E-state index in [2.05, 4.69) is 4.72 Å². The van der Waals surface area contributed by atoms with Crippen LogP contribution in [0.4, 0.5) is 0 Å². The topological polar surface area (TPSA) is 84.9 Å². The van der Waals surface area contributed by atoms with Crippen molar-refractivity contribution in [1.29, 1.82) is 0 Å². The molecule has 3 rings (SSSR count). The van der Waals surface area contributed by atoms with E-state index in [0.717, 1.165) is 31.2 Å². The maximum Gasteiger partial charge on any atom is 0.257 e. The number of nitrogens with one attached hydrogen (secondary N) is 1. The van der Waals surface area contributed by atoms with Crippen LogP contribution in [0.2, 0.25) is 0 Å². The van der Waals surface area contributed by atoms with Crippen LogP contribution < -0.4 is 14.2 Å². The normalized spacial score (nSPS) is 15.7. The number of carbonyl (C=O) groups is 1. The second-order valence-electron chi connectivity index (χ2n) is 7.92. The van der Waals surface area contributed by atoms with Crippen molar-refractivity contribution in [2.24, 2.45) is 0 Å². The van der Waals surface area contributed by atoms with Gasteiger partial charge >= 0.3 is 0 Å². The molecular formula is C24H32N2O5S. The number of rotatable bonds is 8. The first kappa shape index (κ1) is 24.1. The molecule has 1 saturated heterocycles. The second-order valence-corrected chi connectivity index (χ2v) is 9.64. The van der Waals surface area contributed by atoms with E-state index in [-0.39, 0.29) is 16.4 Å². The van der Waals surface area contributed by atoms with Crippen LogP contribution in [0.25, 0.3) is 0 Å². The zero-order chi connectivity index (χ0) is 23.1. The van der Waals surface area contributed by atoms with Gasteiger partial charge in [0.2, 0.25) is 10.0 Å². The van der Waals surface area contributed by atoms with E-state index < -0.39 is 16.1 Å². The summed E-state index contributed by atoms with van der Waals surface area (Å²) < 4.78 is 39.7. The van der Waals surface area contributed by atoms with Gasteiger partial charge in [0.1, 0.15) is 11.5 Å². The Balaban J connectivity index is 1.88. The summed E-state index contributed by atoms with van der Waals surface area (Å²) in [6.45, 7) is 3.26. The molecule has 8 heteroatoms. The van der Waals surface area contributed by atoms with Crippen molar-refractivity contribution < 1.29 is 22.7 Å². The van der Waals surface area contributed by atoms with Crippen LogP contribution in [0.15, 0.2) is 47.4 Å². The largest absolute Gasteiger partial charge is 0.497 e. The number of benzene rings is 2. The van der Waals surface area contributed by atoms with Gasteiger partial charge in [0, 0.05) is 19.1 Å². The summed E-state index contributed by atoms with van der Waals surface area (Å²) in [6.07, 6.45) is 4.68. The minimum atomic E-state index is -3.86. The van der Waals surface area contributed by atoms with E-state index in [1.54, 1.807) is 30.2 Å². The van der Waals surface area contributed by atoms with Crippen LogP contribution in [0.3, 0.4) is 0 Å². The summed E-state index contributed by atoms with van der Waals surface area (Å²) in [6, 6.07) is 11.3. The Morgan fingerprint density at radius 2 is 1.66 bits per heavy atom. The molecule has 1 atom stereocenters. The van der Waals surface area contributed by atoms with Crippen LogP contribution in [-0.2, 0) is 10.0 Å². The molecule has 7 nitrogen and oxygen atoms in total. The molecule has 2 aromatic carbocycles. The number of amides is 1. The van der Waals surface area contributed by atoms with E-state index >= 15 is 0 Å². The van der Waals surface area contributed by atoms with Gasteiger partial charge in [0.15, 0.2) is 0 Å². The lowest BCUT2D eigenvalue weighted by molar-refractivity contribution is 0.0758. The van der Waals surface area contributed by atoms with Crippen molar-refractivity contribution in [3.63, 3.8) is 0 Å². The van der Waals surface area contributed by atoms with Gasteiger partial charge in [-0.1, -0.05) is 31.9 Å². The minimum absolute atomic E-state index is 0.0448. The fourth-order valence-electron chi connectivity index (χ4n) is 3.94. The molecule has 1 heterocycles. The van der Waals surface area contributed by atoms with Crippen molar-refractivity contribution in [2.75, 3.05) is 27.3 Å². The summed E-state index contributed by atoms with van der Waals surface area (Å²) in [5.41, 5.74) is 1.11. The molecule has 0 unspecified atom stereocenters. The molecule has 174 valence electrons. The Kier molecular flexibility index (Phi) is 8.15. The Bertz CT molecular complexity index is 1010. The summed E-state index contributed by atoms with van der Waals surface area (Å²) in [4.78, 5) is 15.0. The third-order valence-corrected chi connectivity index (χ3v) is 7.30. The van der Waals surface area contributed by atoms with E-state index in [1.807, 2.05) is 19.1 Å². The predicted molar refractivity (Wildman–Crippen MR) is 124 cm³/mol. The van der Waals surface area contributed by atoms with Crippen molar-refractivity contribution >= 4 is 15.9 Å². The first-order valence-corrected chi connectivity index (χ1v) is 12.5. The van der Waals surface area contributed by atoms with Gasteiger partial charge in [-0.3, -0.25) is 4.79 Å². The van der Waals surface area contributed by atoms with Gasteiger partial charge in [-0.05, 0) is 55.2 Å². The summed E-state index contributed by atoms with van der Waals surface area (Å²) in [5, 5.41) is 0. The first-order chi connectivity index (χ1) is 15.4. The maximum atomic E-state index is 13.2. The van der Waals surface area contributed by atoms with E-state index in [1.165, 1.54) is 19.2 Å². The Morgan fingerprint density at radius 1 is 1.00 bits per heavy atom. The van der Waals surface area contributed by atoms with Crippen LogP contribution in [0, 0.1) is 0 Å². The highest BCUT2D eigenvalue weighted by Gasteiger charge is 2.26. The number of hydrogen-bond acceptors (Lipinski definition) is 5. The standard InChI is InChI=1S/C24H32N2O5S/c1-4-22(18-9-11-19(30-2)12-10-18)25-32(28,29)20-13-14-23(31-3)21(17-20)24(27)26-15-7-5-6-8-16-26/h9-14,17,22,25H,4-8,15-16H2,1-3H3/t22-/m1/s1. The number of likely N-dealkylation sites (tertiary alicyclic amines) is 1. The Labute approximate surface area is 190 Å². The number of hydrogen-bond donors (Lipinski definition) is 1. The summed E-state index contributed by atoms with van der Waals surface area (Å²) >= 11 is 0. The molecule has 1 fully saturated rings. The maximum absolute atomic E-state index is 13.2. The van der Waals surface area contributed by atoms with Crippen molar-refractivity contribution in [2.45, 2.75) is 50.0 Å². The predicted octanol–water partition coefficient (Wildman–Crippen LogP) is 4.15. The molecule has 1 aliphatic rings. The van der Waals surface area contributed by atoms with Crippen LogP contribution in [-0.4, -0.2) is 46.5 Å². The molecule has 1 amide bonds. The second kappa shape index (κ2) is 10.8. The van der Waals surface area contributed by atoms with Crippen molar-refractivity contribution in [3.8, 4) is 11.5 Å². The fraction of sp³-hybridized carbons (Fsp3) is 0.458. The van der Waals surface area contributed by atoms with E-state index in [0.29, 0.717) is 31.0 Å². The SMILES string of the molecule is CC[C@@H](NS(=O)(=O)c1ccc(OC)c(C(=O)N2CCCCCC2)c1)c1ccc(OC)cc1. The number of methoxy groups -OCH3 is 2. The summed E-state index contributed by atoms with van der Waals surface area (Å²) in [5.74, 6) is 0.890. The average molecular weight is 461 g/mol. The highest BCUT2D eigenvalue weighted by molar-refractivity contribution is 7.89. The van der Waals surface area contributed by atoms with Gasteiger partial charge in [-0.25, -0.2) is 13.1 Å². The van der Waals surface area contributed by atoms with Crippen LogP contribution in [0.5, 0.6) is 11.5 Å². The molecule has 0 bridgehead atoms. The van der Waals surface area contributed by atoms with Crippen LogP contribution >= 0.6 is 0 Å². The molecule has 2 aromatic rings. The lowest BCUT2D eigenvalue weighted by Gasteiger charge is -2.22. The van der Waals surface area contributed by atoms with Crippen LogP contribution in [0.1, 0.15) is 61.0 Å². The van der Waals surface area contributed by atoms with E-state index in [4.69, 9.17) is 9.47 Å². The molecular weight excluding hydrogens is 428 g/mol. The lowest BCUT2D eigenvalue weighted by Crippen LogP contribution is -2.32. The Morgan fingerprint density at radius 3 is 2.22 bits per heavy atom. The minimum Gasteiger partial charge on any atom is -0.497 e. The zero-order valence-corrected chi connectivity index (χ0v) is 19.8. The first-order valence-electron chi connectivity index (χ1n) is 11.0. The Hall–Kier alpha value is -2.58. The highest BCUT2D eigenvalue weighted by atomic mass is 32.2. The van der Waals surface area contributed by atoms with Gasteiger partial charge in [0.05, 0.1) is 24.7 Å². The molecule has 0 spiro atoms. The molecule has 0 aliphatic carbocycles. The average Bonchev–Trinajstić information content (AvgIpc) is 3.11. The highest BCUT2D eigenvalue weighted by Crippen LogP contribution is 2.27. The molecule has 0 aromatic heterocycles. The number of nitrogens with zero attached hydrogens (tertiary/aromatic N) is 1. The van der Waals surface area contributed by atoms with Gasteiger partial charge < -0.3 is 14.4 Å². The number of sulfonamides is 1. The zero-order valence-electron chi connectivity index (χ0n) is 19.0.